The summed E-state index contributed by atoms with van der Waals surface area (Å²) in [4.78, 5) is 26.6. The van der Waals surface area contributed by atoms with Crippen LogP contribution in [0.25, 0.3) is 0 Å². The quantitative estimate of drug-likeness (QED) is 0.501. The van der Waals surface area contributed by atoms with E-state index in [1.807, 2.05) is 41.3 Å². The maximum atomic E-state index is 12.1. The van der Waals surface area contributed by atoms with Crippen molar-refractivity contribution in [1.82, 2.24) is 15.1 Å². The monoisotopic (exact) mass is 438 g/mol. The molecule has 0 spiro atoms. The van der Waals surface area contributed by atoms with Gasteiger partial charge in [-0.2, -0.15) is 0 Å². The van der Waals surface area contributed by atoms with Crippen LogP contribution in [-0.4, -0.2) is 72.2 Å². The molecule has 0 aliphatic carbocycles. The van der Waals surface area contributed by atoms with Crippen molar-refractivity contribution in [2.24, 2.45) is 5.73 Å². The van der Waals surface area contributed by atoms with Crippen molar-refractivity contribution in [2.45, 2.75) is 31.2 Å². The van der Waals surface area contributed by atoms with Gasteiger partial charge in [-0.1, -0.05) is 60.7 Å². The topological polar surface area (TPSA) is 98.9 Å². The largest absolute Gasteiger partial charge is 0.480 e. The number of likely N-dealkylation sites (tertiary alicyclic amines) is 1. The molecule has 32 heavy (non-hydrogen) atoms. The Labute approximate surface area is 190 Å². The molecule has 0 saturated carbocycles. The van der Waals surface area contributed by atoms with E-state index in [1.165, 1.54) is 11.1 Å². The van der Waals surface area contributed by atoms with E-state index in [4.69, 9.17) is 10.8 Å². The lowest BCUT2D eigenvalue weighted by Crippen LogP contribution is -2.47. The van der Waals surface area contributed by atoms with Crippen LogP contribution >= 0.6 is 0 Å². The van der Waals surface area contributed by atoms with Crippen LogP contribution in [0.3, 0.4) is 0 Å². The second kappa shape index (κ2) is 12.2. The van der Waals surface area contributed by atoms with Gasteiger partial charge in [-0.15, -0.1) is 0 Å². The van der Waals surface area contributed by atoms with E-state index in [0.717, 1.165) is 32.4 Å². The summed E-state index contributed by atoms with van der Waals surface area (Å²) in [6, 6.07) is 20.7. The van der Waals surface area contributed by atoms with Gasteiger partial charge >= 0.3 is 12.0 Å². The minimum atomic E-state index is -0.780. The Balaban J connectivity index is 1.50. The van der Waals surface area contributed by atoms with Crippen LogP contribution in [-0.2, 0) is 4.79 Å². The molecule has 3 rings (SSSR count). The number of piperidine rings is 1. The average Bonchev–Trinajstić information content (AvgIpc) is 2.80. The van der Waals surface area contributed by atoms with E-state index in [-0.39, 0.29) is 12.5 Å². The third kappa shape index (κ3) is 7.35. The number of hydrogen-bond donors (Lipinski definition) is 3. The van der Waals surface area contributed by atoms with E-state index in [0.29, 0.717) is 25.7 Å². The minimum absolute atomic E-state index is 0.103. The highest BCUT2D eigenvalue weighted by Crippen LogP contribution is 2.28. The van der Waals surface area contributed by atoms with Crippen LogP contribution in [0.15, 0.2) is 60.7 Å². The van der Waals surface area contributed by atoms with E-state index < -0.39 is 12.0 Å². The Kier molecular flexibility index (Phi) is 9.07. The van der Waals surface area contributed by atoms with Gasteiger partial charge in [0, 0.05) is 44.7 Å². The summed E-state index contributed by atoms with van der Waals surface area (Å²) in [5.74, 6) is -0.580. The molecule has 1 heterocycles. The number of carboxylic acid groups (broad SMARTS) is 1. The molecule has 0 bridgehead atoms. The molecule has 1 aliphatic rings. The number of aliphatic carboxylic acids is 1. The predicted molar refractivity (Wildman–Crippen MR) is 126 cm³/mol. The van der Waals surface area contributed by atoms with E-state index in [9.17, 15) is 9.59 Å². The zero-order valence-corrected chi connectivity index (χ0v) is 18.5. The molecule has 0 unspecified atom stereocenters. The highest BCUT2D eigenvalue weighted by molar-refractivity contribution is 5.72. The second-order valence-corrected chi connectivity index (χ2v) is 8.39. The fourth-order valence-corrected chi connectivity index (χ4v) is 4.40. The fourth-order valence-electron chi connectivity index (χ4n) is 4.40. The van der Waals surface area contributed by atoms with Gasteiger partial charge in [0.25, 0.3) is 0 Å². The number of nitrogens with zero attached hydrogens (tertiary/aromatic N) is 2. The Morgan fingerprint density at radius 3 is 2.06 bits per heavy atom. The number of hydrogen-bond acceptors (Lipinski definition) is 4. The first-order valence-electron chi connectivity index (χ1n) is 11.3. The van der Waals surface area contributed by atoms with Gasteiger partial charge in [0.05, 0.1) is 6.54 Å². The van der Waals surface area contributed by atoms with Crippen LogP contribution in [0.4, 0.5) is 4.79 Å². The molecule has 0 aromatic heterocycles. The van der Waals surface area contributed by atoms with E-state index in [1.54, 1.807) is 4.90 Å². The minimum Gasteiger partial charge on any atom is -0.480 e. The fraction of sp³-hybridized carbons (Fsp3) is 0.440. The number of nitrogens with one attached hydrogen (secondary N) is 1. The van der Waals surface area contributed by atoms with Crippen molar-refractivity contribution in [3.8, 4) is 0 Å². The highest BCUT2D eigenvalue weighted by Gasteiger charge is 2.21. The molecule has 7 nitrogen and oxygen atoms in total. The summed E-state index contributed by atoms with van der Waals surface area (Å²) < 4.78 is 0. The van der Waals surface area contributed by atoms with Gasteiger partial charge in [0.1, 0.15) is 0 Å². The van der Waals surface area contributed by atoms with E-state index in [2.05, 4.69) is 29.6 Å². The standard InChI is InChI=1S/C25H34N4O3/c26-25(32)29(18-14-27-22-11-15-28(16-12-22)19-24(30)31)17-13-23(20-7-3-1-4-8-20)21-9-5-2-6-10-21/h1-10,22-23,27H,11-19H2,(H2,26,32)(H,30,31). The second-order valence-electron chi connectivity index (χ2n) is 8.39. The van der Waals surface area contributed by atoms with Gasteiger partial charge in [-0.3, -0.25) is 9.69 Å². The first-order chi connectivity index (χ1) is 15.5. The van der Waals surface area contributed by atoms with Crippen molar-refractivity contribution < 1.29 is 14.7 Å². The van der Waals surface area contributed by atoms with Crippen LogP contribution < -0.4 is 11.1 Å². The molecule has 2 amide bonds. The van der Waals surface area contributed by atoms with Crippen LogP contribution in [0.2, 0.25) is 0 Å². The highest BCUT2D eigenvalue weighted by atomic mass is 16.4. The molecule has 1 saturated heterocycles. The van der Waals surface area contributed by atoms with Crippen molar-refractivity contribution >= 4 is 12.0 Å². The lowest BCUT2D eigenvalue weighted by Gasteiger charge is -2.32. The van der Waals surface area contributed by atoms with Crippen molar-refractivity contribution in [2.75, 3.05) is 39.3 Å². The number of rotatable bonds is 11. The van der Waals surface area contributed by atoms with Crippen LogP contribution in [0, 0.1) is 0 Å². The van der Waals surface area contributed by atoms with E-state index >= 15 is 0 Å². The van der Waals surface area contributed by atoms with Gasteiger partial charge < -0.3 is 21.1 Å². The average molecular weight is 439 g/mol. The number of urea groups is 1. The first kappa shape index (κ1) is 23.8. The summed E-state index contributed by atoms with van der Waals surface area (Å²) in [5, 5.41) is 12.4. The Bertz CT molecular complexity index is 799. The molecule has 2 aromatic carbocycles. The molecule has 172 valence electrons. The number of carbonyl (C=O) groups excluding carboxylic acids is 1. The smallest absolute Gasteiger partial charge is 0.317 e. The predicted octanol–water partition coefficient (Wildman–Crippen LogP) is 2.73. The molecule has 2 aromatic rings. The molecule has 7 heteroatoms. The lowest BCUT2D eigenvalue weighted by molar-refractivity contribution is -0.138. The maximum absolute atomic E-state index is 12.1. The number of primary amides is 1. The third-order valence-corrected chi connectivity index (χ3v) is 6.16. The molecule has 1 aliphatic heterocycles. The molecule has 0 atom stereocenters. The zero-order chi connectivity index (χ0) is 22.8. The van der Waals surface area contributed by atoms with Crippen molar-refractivity contribution in [1.29, 1.82) is 0 Å². The van der Waals surface area contributed by atoms with Gasteiger partial charge in [0.15, 0.2) is 0 Å². The number of carboxylic acids is 1. The number of amides is 2. The summed E-state index contributed by atoms with van der Waals surface area (Å²) in [5.41, 5.74) is 8.14. The zero-order valence-electron chi connectivity index (χ0n) is 18.5. The molecule has 4 N–H and O–H groups in total. The summed E-state index contributed by atoms with van der Waals surface area (Å²) in [6.45, 7) is 3.47. The maximum Gasteiger partial charge on any atom is 0.317 e. The third-order valence-electron chi connectivity index (χ3n) is 6.16. The van der Waals surface area contributed by atoms with Crippen molar-refractivity contribution in [3.63, 3.8) is 0 Å². The molecular weight excluding hydrogens is 404 g/mol. The normalized spacial score (nSPS) is 15.0. The molecular formula is C25H34N4O3. The van der Waals surface area contributed by atoms with Crippen LogP contribution in [0.1, 0.15) is 36.3 Å². The Hall–Kier alpha value is -2.90. The number of nitrogens with two attached hydrogens (primary N) is 1. The number of carbonyl (C=O) groups is 2. The first-order valence-corrected chi connectivity index (χ1v) is 11.3. The molecule has 1 fully saturated rings. The van der Waals surface area contributed by atoms with Gasteiger partial charge in [-0.05, 0) is 30.4 Å². The SMILES string of the molecule is NC(=O)N(CCNC1CCN(CC(=O)O)CC1)CCC(c1ccccc1)c1ccccc1. The van der Waals surface area contributed by atoms with Gasteiger partial charge in [0.2, 0.25) is 0 Å². The van der Waals surface area contributed by atoms with Crippen LogP contribution in [0.5, 0.6) is 0 Å². The molecule has 0 radical (unpaired) electrons. The van der Waals surface area contributed by atoms with Gasteiger partial charge in [-0.25, -0.2) is 4.79 Å². The lowest BCUT2D eigenvalue weighted by atomic mass is 9.88. The number of benzene rings is 2. The summed E-state index contributed by atoms with van der Waals surface area (Å²) in [6.07, 6.45) is 2.62. The summed E-state index contributed by atoms with van der Waals surface area (Å²) in [7, 11) is 0. The van der Waals surface area contributed by atoms with Crippen molar-refractivity contribution in [3.05, 3.63) is 71.8 Å². The Morgan fingerprint density at radius 1 is 1.00 bits per heavy atom. The Morgan fingerprint density at radius 2 is 1.56 bits per heavy atom. The summed E-state index contributed by atoms with van der Waals surface area (Å²) >= 11 is 0.